The summed E-state index contributed by atoms with van der Waals surface area (Å²) in [6.07, 6.45) is 6.02. The highest BCUT2D eigenvalue weighted by molar-refractivity contribution is 5.10. The van der Waals surface area contributed by atoms with Gasteiger partial charge in [0.1, 0.15) is 0 Å². The Morgan fingerprint density at radius 3 is 2.67 bits per heavy atom. The molecule has 0 spiro atoms. The number of aromatic nitrogens is 3. The van der Waals surface area contributed by atoms with Gasteiger partial charge in [-0.2, -0.15) is 0 Å². The van der Waals surface area contributed by atoms with E-state index in [1.54, 1.807) is 0 Å². The van der Waals surface area contributed by atoms with E-state index in [2.05, 4.69) is 41.1 Å². The van der Waals surface area contributed by atoms with E-state index < -0.39 is 0 Å². The van der Waals surface area contributed by atoms with Crippen molar-refractivity contribution in [3.05, 3.63) is 11.4 Å². The first kappa shape index (κ1) is 15.2. The zero-order valence-electron chi connectivity index (χ0n) is 12.4. The van der Waals surface area contributed by atoms with E-state index in [0.29, 0.717) is 0 Å². The molecular formula is C14H28N4. The zero-order valence-corrected chi connectivity index (χ0v) is 12.4. The molecule has 1 N–H and O–H groups in total. The molecule has 0 amide bonds. The molecule has 1 heterocycles. The minimum absolute atomic E-state index is 0.728. The average Bonchev–Trinajstić information content (AvgIpc) is 2.70. The van der Waals surface area contributed by atoms with Gasteiger partial charge in [-0.3, -0.25) is 0 Å². The van der Waals surface area contributed by atoms with Gasteiger partial charge in [0.25, 0.3) is 0 Å². The van der Waals surface area contributed by atoms with Crippen LogP contribution in [0.2, 0.25) is 0 Å². The Hall–Kier alpha value is -0.900. The molecule has 0 saturated heterocycles. The van der Waals surface area contributed by atoms with Crippen molar-refractivity contribution in [2.45, 2.75) is 66.0 Å². The maximum absolute atomic E-state index is 4.31. The Bertz CT molecular complexity index is 331. The van der Waals surface area contributed by atoms with Crippen LogP contribution in [0.1, 0.15) is 57.8 Å². The molecule has 0 aliphatic carbocycles. The second-order valence-electron chi connectivity index (χ2n) is 5.38. The molecule has 0 fully saturated rings. The Balaban J connectivity index is 2.68. The van der Waals surface area contributed by atoms with Crippen LogP contribution < -0.4 is 5.32 Å². The van der Waals surface area contributed by atoms with Gasteiger partial charge in [-0.1, -0.05) is 38.8 Å². The third-order valence-electron chi connectivity index (χ3n) is 3.19. The first-order chi connectivity index (χ1) is 8.69. The molecule has 1 aromatic rings. The van der Waals surface area contributed by atoms with E-state index in [9.17, 15) is 0 Å². The molecule has 0 aliphatic rings. The molecular weight excluding hydrogens is 224 g/mol. The molecule has 0 aliphatic heterocycles. The smallest absolute Gasteiger partial charge is 0.0996 e. The molecule has 1 rings (SSSR count). The van der Waals surface area contributed by atoms with Crippen molar-refractivity contribution in [1.82, 2.24) is 20.3 Å². The quantitative estimate of drug-likeness (QED) is 0.687. The van der Waals surface area contributed by atoms with Crippen LogP contribution in [0.4, 0.5) is 0 Å². The highest BCUT2D eigenvalue weighted by Crippen LogP contribution is 2.13. The van der Waals surface area contributed by atoms with Gasteiger partial charge >= 0.3 is 0 Å². The average molecular weight is 252 g/mol. The van der Waals surface area contributed by atoms with Crippen LogP contribution in [-0.4, -0.2) is 22.0 Å². The summed E-state index contributed by atoms with van der Waals surface area (Å²) in [4.78, 5) is 0. The molecule has 0 unspecified atom stereocenters. The summed E-state index contributed by atoms with van der Waals surface area (Å²) in [7, 11) is 1.96. The van der Waals surface area contributed by atoms with E-state index in [4.69, 9.17) is 0 Å². The molecule has 1 aromatic heterocycles. The SMILES string of the molecule is CCCCCn1nnc(CNC)c1CCC(C)C. The van der Waals surface area contributed by atoms with Gasteiger partial charge in [0.2, 0.25) is 0 Å². The lowest BCUT2D eigenvalue weighted by Gasteiger charge is -2.09. The first-order valence-electron chi connectivity index (χ1n) is 7.24. The predicted molar refractivity (Wildman–Crippen MR) is 75.5 cm³/mol. The van der Waals surface area contributed by atoms with Gasteiger partial charge < -0.3 is 5.32 Å². The van der Waals surface area contributed by atoms with E-state index in [1.165, 1.54) is 31.4 Å². The fourth-order valence-corrected chi connectivity index (χ4v) is 2.06. The second kappa shape index (κ2) is 8.25. The van der Waals surface area contributed by atoms with Crippen LogP contribution in [0, 0.1) is 5.92 Å². The number of rotatable bonds is 9. The Kier molecular flexibility index (Phi) is 6.94. The Morgan fingerprint density at radius 2 is 2.06 bits per heavy atom. The summed E-state index contributed by atoms with van der Waals surface area (Å²) >= 11 is 0. The minimum Gasteiger partial charge on any atom is -0.314 e. The van der Waals surface area contributed by atoms with Crippen molar-refractivity contribution in [3.8, 4) is 0 Å². The third kappa shape index (κ3) is 4.77. The Labute approximate surface area is 111 Å². The summed E-state index contributed by atoms with van der Waals surface area (Å²) in [5, 5.41) is 11.8. The van der Waals surface area contributed by atoms with Gasteiger partial charge in [-0.25, -0.2) is 4.68 Å². The number of aryl methyl sites for hydroxylation is 1. The predicted octanol–water partition coefficient (Wildman–Crippen LogP) is 2.78. The maximum atomic E-state index is 4.31. The maximum Gasteiger partial charge on any atom is 0.0996 e. The molecule has 104 valence electrons. The van der Waals surface area contributed by atoms with Crippen LogP contribution in [0.5, 0.6) is 0 Å². The monoisotopic (exact) mass is 252 g/mol. The normalized spacial score (nSPS) is 11.4. The van der Waals surface area contributed by atoms with E-state index in [1.807, 2.05) is 7.05 Å². The number of hydrogen-bond acceptors (Lipinski definition) is 3. The van der Waals surface area contributed by atoms with Crippen LogP contribution >= 0.6 is 0 Å². The standard InChI is InChI=1S/C14H28N4/c1-5-6-7-10-18-14(9-8-12(2)3)13(11-15-4)16-17-18/h12,15H,5-11H2,1-4H3. The number of nitrogens with one attached hydrogen (secondary N) is 1. The number of unbranched alkanes of at least 4 members (excludes halogenated alkanes) is 2. The van der Waals surface area contributed by atoms with Crippen molar-refractivity contribution >= 4 is 0 Å². The topological polar surface area (TPSA) is 42.7 Å². The van der Waals surface area contributed by atoms with Crippen molar-refractivity contribution in [2.24, 2.45) is 5.92 Å². The zero-order chi connectivity index (χ0) is 13.4. The fourth-order valence-electron chi connectivity index (χ4n) is 2.06. The van der Waals surface area contributed by atoms with Crippen LogP contribution in [0.15, 0.2) is 0 Å². The molecule has 0 saturated carbocycles. The molecule has 0 radical (unpaired) electrons. The van der Waals surface area contributed by atoms with Gasteiger partial charge in [0.05, 0.1) is 11.4 Å². The Morgan fingerprint density at radius 1 is 1.28 bits per heavy atom. The van der Waals surface area contributed by atoms with Crippen molar-refractivity contribution < 1.29 is 0 Å². The van der Waals surface area contributed by atoms with E-state index in [-0.39, 0.29) is 0 Å². The number of nitrogens with zero attached hydrogens (tertiary/aromatic N) is 3. The minimum atomic E-state index is 0.728. The van der Waals surface area contributed by atoms with Gasteiger partial charge in [-0.05, 0) is 32.2 Å². The van der Waals surface area contributed by atoms with E-state index in [0.717, 1.165) is 31.1 Å². The van der Waals surface area contributed by atoms with E-state index >= 15 is 0 Å². The summed E-state index contributed by atoms with van der Waals surface area (Å²) in [5.41, 5.74) is 2.45. The van der Waals surface area contributed by atoms with Crippen molar-refractivity contribution in [2.75, 3.05) is 7.05 Å². The lowest BCUT2D eigenvalue weighted by atomic mass is 10.1. The summed E-state index contributed by atoms with van der Waals surface area (Å²) in [5.74, 6) is 0.728. The van der Waals surface area contributed by atoms with Gasteiger partial charge in [0, 0.05) is 13.1 Å². The molecule has 0 atom stereocenters. The summed E-state index contributed by atoms with van der Waals surface area (Å²) in [6, 6.07) is 0. The highest BCUT2D eigenvalue weighted by atomic mass is 15.4. The second-order valence-corrected chi connectivity index (χ2v) is 5.38. The lowest BCUT2D eigenvalue weighted by molar-refractivity contribution is 0.501. The van der Waals surface area contributed by atoms with Crippen LogP contribution in [0.25, 0.3) is 0 Å². The third-order valence-corrected chi connectivity index (χ3v) is 3.19. The van der Waals surface area contributed by atoms with Gasteiger partial charge in [0.15, 0.2) is 0 Å². The molecule has 18 heavy (non-hydrogen) atoms. The van der Waals surface area contributed by atoms with Gasteiger partial charge in [-0.15, -0.1) is 5.10 Å². The van der Waals surface area contributed by atoms with Crippen molar-refractivity contribution in [1.29, 1.82) is 0 Å². The highest BCUT2D eigenvalue weighted by Gasteiger charge is 2.12. The number of hydrogen-bond donors (Lipinski definition) is 1. The molecule has 0 bridgehead atoms. The largest absolute Gasteiger partial charge is 0.314 e. The first-order valence-corrected chi connectivity index (χ1v) is 7.24. The molecule has 4 nitrogen and oxygen atoms in total. The van der Waals surface area contributed by atoms with Crippen molar-refractivity contribution in [3.63, 3.8) is 0 Å². The summed E-state index contributed by atoms with van der Waals surface area (Å²) < 4.78 is 2.12. The summed E-state index contributed by atoms with van der Waals surface area (Å²) in [6.45, 7) is 8.60. The molecule has 0 aromatic carbocycles. The fraction of sp³-hybridized carbons (Fsp3) is 0.857. The molecule has 4 heteroatoms. The van der Waals surface area contributed by atoms with Crippen LogP contribution in [0.3, 0.4) is 0 Å². The van der Waals surface area contributed by atoms with Crippen LogP contribution in [-0.2, 0) is 19.5 Å². The lowest BCUT2D eigenvalue weighted by Crippen LogP contribution is -2.11.